The maximum atomic E-state index is 14.1. The number of aryl methyl sites for hydroxylation is 1. The summed E-state index contributed by atoms with van der Waals surface area (Å²) in [7, 11) is -4.00. The predicted molar refractivity (Wildman–Crippen MR) is 97.3 cm³/mol. The van der Waals surface area contributed by atoms with Gasteiger partial charge in [-0.1, -0.05) is 35.9 Å². The highest BCUT2D eigenvalue weighted by molar-refractivity contribution is 7.92. The Hall–Kier alpha value is -2.73. The zero-order chi connectivity index (χ0) is 18.7. The van der Waals surface area contributed by atoms with Gasteiger partial charge < -0.3 is 0 Å². The molecule has 3 nitrogen and oxygen atoms in total. The number of rotatable bonds is 5. The molecule has 0 fully saturated rings. The standard InChI is InChI=1S/C20H17F2NO2S/c1-15-6-10-18(11-7-15)23(14-16-4-2-3-5-20(16)22)26(24,25)19-12-8-17(21)9-13-19/h2-13H,14H2,1H3. The van der Waals surface area contributed by atoms with E-state index >= 15 is 0 Å². The molecule has 3 rings (SSSR count). The molecule has 3 aromatic carbocycles. The third-order valence-electron chi connectivity index (χ3n) is 4.00. The van der Waals surface area contributed by atoms with Gasteiger partial charge in [0.05, 0.1) is 17.1 Å². The van der Waals surface area contributed by atoms with Gasteiger partial charge in [-0.2, -0.15) is 0 Å². The molecule has 0 heterocycles. The maximum Gasteiger partial charge on any atom is 0.264 e. The Morgan fingerprint density at radius 3 is 2.08 bits per heavy atom. The highest BCUT2D eigenvalue weighted by Gasteiger charge is 2.26. The average Bonchev–Trinajstić information content (AvgIpc) is 2.62. The molecule has 26 heavy (non-hydrogen) atoms. The van der Waals surface area contributed by atoms with Crippen molar-refractivity contribution in [1.82, 2.24) is 0 Å². The number of sulfonamides is 1. The molecule has 0 aliphatic rings. The third-order valence-corrected chi connectivity index (χ3v) is 5.78. The minimum absolute atomic E-state index is 0.0594. The van der Waals surface area contributed by atoms with Gasteiger partial charge in [-0.15, -0.1) is 0 Å². The fourth-order valence-corrected chi connectivity index (χ4v) is 3.98. The minimum Gasteiger partial charge on any atom is -0.262 e. The van der Waals surface area contributed by atoms with Crippen LogP contribution in [0.4, 0.5) is 14.5 Å². The van der Waals surface area contributed by atoms with Crippen LogP contribution in [0.5, 0.6) is 0 Å². The summed E-state index contributed by atoms with van der Waals surface area (Å²) < 4.78 is 54.7. The van der Waals surface area contributed by atoms with Crippen LogP contribution >= 0.6 is 0 Å². The summed E-state index contributed by atoms with van der Waals surface area (Å²) in [6, 6.07) is 17.5. The molecule has 0 bridgehead atoms. The molecule has 0 aliphatic carbocycles. The topological polar surface area (TPSA) is 37.4 Å². The second-order valence-corrected chi connectivity index (χ2v) is 7.75. The lowest BCUT2D eigenvalue weighted by molar-refractivity contribution is 0.584. The van der Waals surface area contributed by atoms with Crippen LogP contribution in [-0.2, 0) is 16.6 Å². The van der Waals surface area contributed by atoms with E-state index in [9.17, 15) is 17.2 Å². The van der Waals surface area contributed by atoms with Crippen molar-refractivity contribution < 1.29 is 17.2 Å². The SMILES string of the molecule is Cc1ccc(N(Cc2ccccc2F)S(=O)(=O)c2ccc(F)cc2)cc1. The van der Waals surface area contributed by atoms with E-state index in [0.717, 1.165) is 22.0 Å². The van der Waals surface area contributed by atoms with Gasteiger partial charge in [0.15, 0.2) is 0 Å². The van der Waals surface area contributed by atoms with Crippen molar-refractivity contribution in [3.63, 3.8) is 0 Å². The van der Waals surface area contributed by atoms with E-state index < -0.39 is 21.7 Å². The first kappa shape index (κ1) is 18.1. The number of anilines is 1. The molecular formula is C20H17F2NO2S. The van der Waals surface area contributed by atoms with Crippen LogP contribution in [0.1, 0.15) is 11.1 Å². The lowest BCUT2D eigenvalue weighted by Gasteiger charge is -2.25. The molecule has 0 saturated carbocycles. The molecule has 0 radical (unpaired) electrons. The second-order valence-electron chi connectivity index (χ2n) is 5.89. The molecule has 6 heteroatoms. The molecule has 0 amide bonds. The Morgan fingerprint density at radius 1 is 0.846 bits per heavy atom. The molecule has 0 unspecified atom stereocenters. The summed E-state index contributed by atoms with van der Waals surface area (Å²) in [5.74, 6) is -1.01. The van der Waals surface area contributed by atoms with Gasteiger partial charge in [-0.05, 0) is 49.4 Å². The van der Waals surface area contributed by atoms with Gasteiger partial charge in [-0.25, -0.2) is 17.2 Å². The first-order valence-corrected chi connectivity index (χ1v) is 9.40. The molecule has 0 atom stereocenters. The normalized spacial score (nSPS) is 11.3. The highest BCUT2D eigenvalue weighted by atomic mass is 32.2. The lowest BCUT2D eigenvalue weighted by atomic mass is 10.2. The number of benzene rings is 3. The fraction of sp³-hybridized carbons (Fsp3) is 0.100. The summed E-state index contributed by atoms with van der Waals surface area (Å²) in [6.07, 6.45) is 0. The zero-order valence-electron chi connectivity index (χ0n) is 14.1. The van der Waals surface area contributed by atoms with E-state index in [2.05, 4.69) is 0 Å². The quantitative estimate of drug-likeness (QED) is 0.652. The van der Waals surface area contributed by atoms with E-state index in [0.29, 0.717) is 5.69 Å². The maximum absolute atomic E-state index is 14.1. The third kappa shape index (κ3) is 3.75. The predicted octanol–water partition coefficient (Wildman–Crippen LogP) is 4.67. The van der Waals surface area contributed by atoms with Crippen LogP contribution in [0.2, 0.25) is 0 Å². The molecule has 3 aromatic rings. The van der Waals surface area contributed by atoms with Crippen LogP contribution in [0.25, 0.3) is 0 Å². The Kier molecular flexibility index (Phi) is 5.04. The van der Waals surface area contributed by atoms with Gasteiger partial charge >= 0.3 is 0 Å². The van der Waals surface area contributed by atoms with Crippen LogP contribution in [0.3, 0.4) is 0 Å². The number of hydrogen-bond donors (Lipinski definition) is 0. The largest absolute Gasteiger partial charge is 0.264 e. The van der Waals surface area contributed by atoms with Crippen LogP contribution in [0, 0.1) is 18.6 Å². The van der Waals surface area contributed by atoms with Crippen molar-refractivity contribution in [1.29, 1.82) is 0 Å². The second kappa shape index (κ2) is 7.25. The van der Waals surface area contributed by atoms with Gasteiger partial charge in [-0.3, -0.25) is 4.31 Å². The van der Waals surface area contributed by atoms with Crippen molar-refractivity contribution in [3.05, 3.63) is 95.6 Å². The highest BCUT2D eigenvalue weighted by Crippen LogP contribution is 2.27. The van der Waals surface area contributed by atoms with E-state index in [1.807, 2.05) is 6.92 Å². The van der Waals surface area contributed by atoms with Gasteiger partial charge in [0.25, 0.3) is 10.0 Å². The van der Waals surface area contributed by atoms with Gasteiger partial charge in [0.1, 0.15) is 11.6 Å². The molecule has 0 aliphatic heterocycles. The molecule has 0 saturated heterocycles. The summed E-state index contributed by atoms with van der Waals surface area (Å²) in [5.41, 5.74) is 1.63. The number of halogens is 2. The van der Waals surface area contributed by atoms with Crippen LogP contribution < -0.4 is 4.31 Å². The molecule has 134 valence electrons. The van der Waals surface area contributed by atoms with E-state index in [1.54, 1.807) is 36.4 Å². The molecule has 0 spiro atoms. The van der Waals surface area contributed by atoms with Crippen LogP contribution in [0.15, 0.2) is 77.7 Å². The van der Waals surface area contributed by atoms with Gasteiger partial charge in [0, 0.05) is 5.56 Å². The Labute approximate surface area is 151 Å². The minimum atomic E-state index is -4.00. The molecule has 0 N–H and O–H groups in total. The summed E-state index contributed by atoms with van der Waals surface area (Å²) in [4.78, 5) is -0.0594. The fourth-order valence-electron chi connectivity index (χ4n) is 2.54. The van der Waals surface area contributed by atoms with E-state index in [1.165, 1.54) is 24.3 Å². The Bertz CT molecular complexity index is 1000. The van der Waals surface area contributed by atoms with Crippen molar-refractivity contribution in [2.24, 2.45) is 0 Å². The van der Waals surface area contributed by atoms with Crippen molar-refractivity contribution in [2.45, 2.75) is 18.4 Å². The monoisotopic (exact) mass is 373 g/mol. The van der Waals surface area contributed by atoms with E-state index in [4.69, 9.17) is 0 Å². The molecule has 0 aromatic heterocycles. The first-order valence-electron chi connectivity index (χ1n) is 7.96. The van der Waals surface area contributed by atoms with E-state index in [-0.39, 0.29) is 17.0 Å². The lowest BCUT2D eigenvalue weighted by Crippen LogP contribution is -2.31. The van der Waals surface area contributed by atoms with Crippen molar-refractivity contribution in [2.75, 3.05) is 4.31 Å². The van der Waals surface area contributed by atoms with Crippen LogP contribution in [-0.4, -0.2) is 8.42 Å². The van der Waals surface area contributed by atoms with Gasteiger partial charge in [0.2, 0.25) is 0 Å². The smallest absolute Gasteiger partial charge is 0.262 e. The summed E-state index contributed by atoms with van der Waals surface area (Å²) in [5, 5.41) is 0. The number of nitrogens with zero attached hydrogens (tertiary/aromatic N) is 1. The summed E-state index contributed by atoms with van der Waals surface area (Å²) >= 11 is 0. The average molecular weight is 373 g/mol. The Morgan fingerprint density at radius 2 is 1.46 bits per heavy atom. The zero-order valence-corrected chi connectivity index (χ0v) is 14.9. The summed E-state index contributed by atoms with van der Waals surface area (Å²) in [6.45, 7) is 1.72. The first-order chi connectivity index (χ1) is 12.4. The van der Waals surface area contributed by atoms with Crippen molar-refractivity contribution >= 4 is 15.7 Å². The van der Waals surface area contributed by atoms with Crippen molar-refractivity contribution in [3.8, 4) is 0 Å². The Balaban J connectivity index is 2.09. The number of hydrogen-bond acceptors (Lipinski definition) is 2. The molecular weight excluding hydrogens is 356 g/mol.